The number of carbonyl (C=O) groups excluding carboxylic acids is 2. The van der Waals surface area contributed by atoms with E-state index in [2.05, 4.69) is 16.8 Å². The van der Waals surface area contributed by atoms with E-state index in [1.54, 1.807) is 33.8 Å². The zero-order valence-electron chi connectivity index (χ0n) is 19.8. The minimum Gasteiger partial charge on any atom is -0.497 e. The molecule has 186 valence electrons. The molecule has 0 unspecified atom stereocenters. The molecule has 0 aliphatic heterocycles. The summed E-state index contributed by atoms with van der Waals surface area (Å²) in [6, 6.07) is 1.72. The number of aryl methyl sites for hydroxylation is 1. The van der Waals surface area contributed by atoms with Gasteiger partial charge >= 0.3 is 11.9 Å². The predicted octanol–water partition coefficient (Wildman–Crippen LogP) is 0.468. The summed E-state index contributed by atoms with van der Waals surface area (Å²) in [6.07, 6.45) is 0.722. The first kappa shape index (κ1) is 31.9. The highest BCUT2D eigenvalue weighted by atomic mass is 16.5. The van der Waals surface area contributed by atoms with Crippen molar-refractivity contribution >= 4 is 17.8 Å². The maximum atomic E-state index is 11.5. The summed E-state index contributed by atoms with van der Waals surface area (Å²) in [6.45, 7) is 11.8. The van der Waals surface area contributed by atoms with Crippen molar-refractivity contribution in [3.05, 3.63) is 29.5 Å². The molecule has 33 heavy (non-hydrogen) atoms. The first-order chi connectivity index (χ1) is 15.7. The molecule has 1 aromatic rings. The van der Waals surface area contributed by atoms with E-state index < -0.39 is 11.9 Å². The van der Waals surface area contributed by atoms with Crippen LogP contribution < -0.4 is 11.5 Å². The number of carbonyl (C=O) groups is 2. The second-order valence-electron chi connectivity index (χ2n) is 5.99. The van der Waals surface area contributed by atoms with Crippen molar-refractivity contribution in [1.82, 2.24) is 9.78 Å². The second-order valence-corrected chi connectivity index (χ2v) is 5.99. The molecule has 0 aliphatic rings. The number of esters is 2. The summed E-state index contributed by atoms with van der Waals surface area (Å²) in [4.78, 5) is 22.6. The molecule has 1 aromatic heterocycles. The number of aliphatic hydroxyl groups excluding tert-OH is 2. The Morgan fingerprint density at radius 2 is 1.79 bits per heavy atom. The fraction of sp³-hybridized carbons (Fsp3) is 0.571. The third-order valence-corrected chi connectivity index (χ3v) is 3.58. The van der Waals surface area contributed by atoms with Crippen molar-refractivity contribution in [3.63, 3.8) is 0 Å². The number of anilines is 1. The zero-order valence-corrected chi connectivity index (χ0v) is 19.8. The van der Waals surface area contributed by atoms with Crippen LogP contribution in [0, 0.1) is 25.2 Å². The molecule has 1 rings (SSSR count). The quantitative estimate of drug-likeness (QED) is 0.122. The van der Waals surface area contributed by atoms with Crippen molar-refractivity contribution in [2.45, 2.75) is 40.7 Å². The molecule has 0 bridgehead atoms. The van der Waals surface area contributed by atoms with Gasteiger partial charge in [-0.3, -0.25) is 0 Å². The summed E-state index contributed by atoms with van der Waals surface area (Å²) in [5.41, 5.74) is 11.4. The number of rotatable bonds is 10. The molecular formula is C21H36N5O7+. The summed E-state index contributed by atoms with van der Waals surface area (Å²) < 4.78 is 15.8. The SMILES string of the molecule is CCOC(=O)c1c(C)nn(CCO)c1N.NCCCO.[CH2+]COC(=O)/C(C#N)=C(\C)OCC. The molecule has 0 radical (unpaired) electrons. The van der Waals surface area contributed by atoms with E-state index in [-0.39, 0.29) is 49.1 Å². The number of ether oxygens (including phenoxy) is 3. The Morgan fingerprint density at radius 1 is 1.18 bits per heavy atom. The fourth-order valence-electron chi connectivity index (χ4n) is 2.13. The van der Waals surface area contributed by atoms with Crippen LogP contribution in [0.15, 0.2) is 11.3 Å². The standard InChI is InChI=1S/C9H15N3O3.C9H12NO3.C3H9NO/c1-3-15-9(14)7-6(2)11-12(4-5-13)8(7)10;1-4-12-7(3)8(6-10)9(11)13-5-2;4-2-1-3-5/h13H,3-5,10H2,1-2H3;2,4-5H2,1,3H3;5H,1-4H2/q;+1;/b;8-7+;. The first-order valence-corrected chi connectivity index (χ1v) is 10.3. The van der Waals surface area contributed by atoms with Gasteiger partial charge in [-0.1, -0.05) is 0 Å². The molecule has 1 heterocycles. The highest BCUT2D eigenvalue weighted by Gasteiger charge is 2.20. The molecule has 0 spiro atoms. The van der Waals surface area contributed by atoms with Crippen LogP contribution in [0.2, 0.25) is 0 Å². The molecule has 12 nitrogen and oxygen atoms in total. The Balaban J connectivity index is 0. The Morgan fingerprint density at radius 3 is 2.18 bits per heavy atom. The highest BCUT2D eigenvalue weighted by molar-refractivity contribution is 5.95. The van der Waals surface area contributed by atoms with E-state index in [0.717, 1.165) is 6.42 Å². The molecule has 0 fully saturated rings. The molecule has 0 aliphatic carbocycles. The van der Waals surface area contributed by atoms with Gasteiger partial charge in [-0.15, -0.1) is 0 Å². The van der Waals surface area contributed by atoms with Gasteiger partial charge in [0.2, 0.25) is 6.61 Å². The predicted molar refractivity (Wildman–Crippen MR) is 121 cm³/mol. The number of nitrogen functional groups attached to an aromatic ring is 1. The van der Waals surface area contributed by atoms with Gasteiger partial charge in [0.25, 0.3) is 0 Å². The Bertz CT molecular complexity index is 783. The number of nitrogens with zero attached hydrogens (tertiary/aromatic N) is 3. The summed E-state index contributed by atoms with van der Waals surface area (Å²) in [7, 11) is 0. The minimum atomic E-state index is -0.691. The molecule has 12 heteroatoms. The minimum absolute atomic E-state index is 0.00339. The van der Waals surface area contributed by atoms with Crippen molar-refractivity contribution in [2.75, 3.05) is 45.3 Å². The van der Waals surface area contributed by atoms with Crippen molar-refractivity contribution in [2.24, 2.45) is 5.73 Å². The summed E-state index contributed by atoms with van der Waals surface area (Å²) in [5, 5.41) is 29.4. The Hall–Kier alpha value is -3.27. The smallest absolute Gasteiger partial charge is 0.355 e. The molecular weight excluding hydrogens is 434 g/mol. The van der Waals surface area contributed by atoms with Gasteiger partial charge in [-0.2, -0.15) is 10.4 Å². The zero-order chi connectivity index (χ0) is 25.8. The molecule has 6 N–H and O–H groups in total. The highest BCUT2D eigenvalue weighted by Crippen LogP contribution is 2.17. The number of nitriles is 1. The maximum absolute atomic E-state index is 11.5. The number of nitrogens with two attached hydrogens (primary N) is 2. The Kier molecular flexibility index (Phi) is 18.8. The van der Waals surface area contributed by atoms with Crippen LogP contribution in [-0.2, 0) is 25.5 Å². The number of aliphatic hydroxyl groups is 2. The van der Waals surface area contributed by atoms with Crippen LogP contribution in [0.5, 0.6) is 0 Å². The van der Waals surface area contributed by atoms with E-state index >= 15 is 0 Å². The average Bonchev–Trinajstić information content (AvgIpc) is 3.04. The van der Waals surface area contributed by atoms with Crippen LogP contribution in [0.1, 0.15) is 43.2 Å². The molecule has 0 saturated heterocycles. The Labute approximate surface area is 194 Å². The third-order valence-electron chi connectivity index (χ3n) is 3.58. The topological polar surface area (TPSA) is 196 Å². The number of allylic oxidation sites excluding steroid dienone is 1. The molecule has 0 saturated carbocycles. The molecule has 0 amide bonds. The van der Waals surface area contributed by atoms with Gasteiger partial charge in [0.1, 0.15) is 30.1 Å². The van der Waals surface area contributed by atoms with E-state index in [1.807, 2.05) is 0 Å². The van der Waals surface area contributed by atoms with Crippen LogP contribution in [0.3, 0.4) is 0 Å². The van der Waals surface area contributed by atoms with E-state index in [4.69, 9.17) is 36.4 Å². The lowest BCUT2D eigenvalue weighted by molar-refractivity contribution is -0.137. The molecule has 0 aromatic carbocycles. The lowest BCUT2D eigenvalue weighted by Crippen LogP contribution is -2.11. The third kappa shape index (κ3) is 12.4. The van der Waals surface area contributed by atoms with Crippen LogP contribution in [0.25, 0.3) is 0 Å². The van der Waals surface area contributed by atoms with Crippen molar-refractivity contribution in [1.29, 1.82) is 5.26 Å². The maximum Gasteiger partial charge on any atom is 0.355 e. The van der Waals surface area contributed by atoms with Gasteiger partial charge in [0.05, 0.1) is 32.1 Å². The van der Waals surface area contributed by atoms with E-state index in [0.29, 0.717) is 25.5 Å². The van der Waals surface area contributed by atoms with Crippen LogP contribution >= 0.6 is 0 Å². The van der Waals surface area contributed by atoms with Crippen molar-refractivity contribution < 1.29 is 34.0 Å². The first-order valence-electron chi connectivity index (χ1n) is 10.3. The summed E-state index contributed by atoms with van der Waals surface area (Å²) >= 11 is 0. The fourth-order valence-corrected chi connectivity index (χ4v) is 2.13. The van der Waals surface area contributed by atoms with Crippen molar-refractivity contribution in [3.8, 4) is 6.07 Å². The second kappa shape index (κ2) is 19.4. The summed E-state index contributed by atoms with van der Waals surface area (Å²) in [5.74, 6) is -0.649. The monoisotopic (exact) mass is 470 g/mol. The van der Waals surface area contributed by atoms with Gasteiger partial charge in [-0.25, -0.2) is 14.3 Å². The van der Waals surface area contributed by atoms with Gasteiger partial charge < -0.3 is 35.9 Å². The van der Waals surface area contributed by atoms with E-state index in [9.17, 15) is 9.59 Å². The molecule has 0 atom stereocenters. The van der Waals surface area contributed by atoms with Gasteiger partial charge in [-0.05, 0) is 40.7 Å². The van der Waals surface area contributed by atoms with Crippen LogP contribution in [0.4, 0.5) is 5.82 Å². The van der Waals surface area contributed by atoms with E-state index in [1.165, 1.54) is 4.68 Å². The average molecular weight is 471 g/mol. The number of hydrogen-bond donors (Lipinski definition) is 4. The van der Waals surface area contributed by atoms with Gasteiger partial charge in [0.15, 0.2) is 5.57 Å². The van der Waals surface area contributed by atoms with Gasteiger partial charge in [0, 0.05) is 6.61 Å². The number of aromatic nitrogens is 2. The number of hydrogen-bond acceptors (Lipinski definition) is 11. The largest absolute Gasteiger partial charge is 0.497 e. The lowest BCUT2D eigenvalue weighted by atomic mass is 10.2. The lowest BCUT2D eigenvalue weighted by Gasteiger charge is -2.04. The van der Waals surface area contributed by atoms with Crippen LogP contribution in [-0.4, -0.2) is 71.5 Å². The normalized spacial score (nSPS) is 10.4.